The molecule has 2 aromatic carbocycles. The van der Waals surface area contributed by atoms with E-state index in [-0.39, 0.29) is 5.82 Å². The van der Waals surface area contributed by atoms with Gasteiger partial charge in [-0.2, -0.15) is 0 Å². The second-order valence-electron chi connectivity index (χ2n) is 4.60. The van der Waals surface area contributed by atoms with Gasteiger partial charge in [-0.05, 0) is 36.2 Å². The molecular weight excluding hydrogens is 283 g/mol. The van der Waals surface area contributed by atoms with Gasteiger partial charge in [-0.3, -0.25) is 0 Å². The first-order valence-electron chi connectivity index (χ1n) is 6.38. The van der Waals surface area contributed by atoms with Gasteiger partial charge in [-0.25, -0.2) is 14.2 Å². The quantitative estimate of drug-likeness (QED) is 0.572. The van der Waals surface area contributed by atoms with Gasteiger partial charge in [0.05, 0.1) is 17.1 Å². The van der Waals surface area contributed by atoms with Crippen LogP contribution in [0.5, 0.6) is 0 Å². The second kappa shape index (κ2) is 5.47. The average molecular weight is 294 g/mol. The minimum Gasteiger partial charge on any atom is -0.241 e. The average Bonchev–Trinajstić information content (AvgIpc) is 2.90. The Morgan fingerprint density at radius 3 is 2.57 bits per heavy atom. The molecule has 0 bridgehead atoms. The van der Waals surface area contributed by atoms with E-state index in [4.69, 9.17) is 6.57 Å². The molecule has 0 aliphatic heterocycles. The van der Waals surface area contributed by atoms with Crippen LogP contribution < -0.4 is 0 Å². The molecule has 0 saturated carbocycles. The first-order chi connectivity index (χ1) is 10.2. The van der Waals surface area contributed by atoms with Crippen molar-refractivity contribution in [2.24, 2.45) is 0 Å². The standard InChI is InChI=1S/C17H11FN2S/c1-11-16(12-6-8-14(18)9-7-12)21-17(20-11)13-4-3-5-15(10-13)19-2/h3-10H,1H3. The SMILES string of the molecule is [C-]#[N+]c1cccc(-c2nc(C)c(-c3ccc(F)cc3)s2)c1. The maximum atomic E-state index is 13.0. The van der Waals surface area contributed by atoms with Crippen LogP contribution in [0.2, 0.25) is 0 Å². The van der Waals surface area contributed by atoms with Crippen LogP contribution in [0.1, 0.15) is 5.69 Å². The van der Waals surface area contributed by atoms with E-state index in [9.17, 15) is 4.39 Å². The van der Waals surface area contributed by atoms with Crippen LogP contribution in [0.25, 0.3) is 25.9 Å². The molecule has 1 heterocycles. The molecule has 4 heteroatoms. The zero-order chi connectivity index (χ0) is 14.8. The molecule has 0 amide bonds. The minimum atomic E-state index is -0.245. The summed E-state index contributed by atoms with van der Waals surface area (Å²) in [5, 5.41) is 0.873. The van der Waals surface area contributed by atoms with Crippen molar-refractivity contribution in [2.45, 2.75) is 6.92 Å². The van der Waals surface area contributed by atoms with Crippen molar-refractivity contribution in [3.63, 3.8) is 0 Å². The second-order valence-corrected chi connectivity index (χ2v) is 5.60. The Morgan fingerprint density at radius 2 is 1.86 bits per heavy atom. The summed E-state index contributed by atoms with van der Waals surface area (Å²) in [5.41, 5.74) is 3.41. The summed E-state index contributed by atoms with van der Waals surface area (Å²) in [6.45, 7) is 9.02. The van der Waals surface area contributed by atoms with Crippen LogP contribution in [-0.2, 0) is 0 Å². The number of halogens is 1. The first kappa shape index (κ1) is 13.5. The Hall–Kier alpha value is -2.51. The highest BCUT2D eigenvalue weighted by molar-refractivity contribution is 7.18. The van der Waals surface area contributed by atoms with E-state index in [1.54, 1.807) is 29.5 Å². The van der Waals surface area contributed by atoms with Crippen LogP contribution >= 0.6 is 11.3 Å². The zero-order valence-corrected chi connectivity index (χ0v) is 12.1. The summed E-state index contributed by atoms with van der Waals surface area (Å²) in [4.78, 5) is 9.04. The molecule has 0 aliphatic carbocycles. The summed E-state index contributed by atoms with van der Waals surface area (Å²) in [6, 6.07) is 13.8. The van der Waals surface area contributed by atoms with E-state index in [2.05, 4.69) is 9.83 Å². The Labute approximate surface area is 126 Å². The van der Waals surface area contributed by atoms with E-state index in [1.165, 1.54) is 12.1 Å². The van der Waals surface area contributed by atoms with E-state index >= 15 is 0 Å². The minimum absolute atomic E-state index is 0.245. The van der Waals surface area contributed by atoms with Gasteiger partial charge in [-0.1, -0.05) is 30.3 Å². The number of aromatic nitrogens is 1. The molecule has 0 spiro atoms. The van der Waals surface area contributed by atoms with E-state index in [0.717, 1.165) is 26.7 Å². The third kappa shape index (κ3) is 2.69. The fourth-order valence-corrected chi connectivity index (χ4v) is 3.17. The lowest BCUT2D eigenvalue weighted by molar-refractivity contribution is 0.628. The Kier molecular flexibility index (Phi) is 3.51. The fourth-order valence-electron chi connectivity index (χ4n) is 2.10. The molecular formula is C17H11FN2S. The van der Waals surface area contributed by atoms with Crippen LogP contribution in [-0.4, -0.2) is 4.98 Å². The molecule has 0 fully saturated rings. The summed E-state index contributed by atoms with van der Waals surface area (Å²) in [5.74, 6) is -0.245. The first-order valence-corrected chi connectivity index (χ1v) is 7.20. The topological polar surface area (TPSA) is 17.2 Å². The Morgan fingerprint density at radius 1 is 1.10 bits per heavy atom. The lowest BCUT2D eigenvalue weighted by Gasteiger charge is -1.98. The fraction of sp³-hybridized carbons (Fsp3) is 0.0588. The molecule has 3 aromatic rings. The molecule has 0 aliphatic rings. The van der Waals surface area contributed by atoms with Crippen molar-refractivity contribution < 1.29 is 4.39 Å². The molecule has 0 unspecified atom stereocenters. The maximum Gasteiger partial charge on any atom is 0.187 e. The predicted molar refractivity (Wildman–Crippen MR) is 83.9 cm³/mol. The largest absolute Gasteiger partial charge is 0.241 e. The van der Waals surface area contributed by atoms with Gasteiger partial charge in [0, 0.05) is 0 Å². The molecule has 0 saturated heterocycles. The van der Waals surface area contributed by atoms with Crippen molar-refractivity contribution in [3.05, 3.63) is 71.5 Å². The van der Waals surface area contributed by atoms with Crippen molar-refractivity contribution >= 4 is 17.0 Å². The van der Waals surface area contributed by atoms with E-state index < -0.39 is 0 Å². The third-order valence-corrected chi connectivity index (χ3v) is 4.38. The Bertz CT molecular complexity index is 829. The number of rotatable bonds is 2. The number of aryl methyl sites for hydroxylation is 1. The van der Waals surface area contributed by atoms with Crippen LogP contribution in [0.15, 0.2) is 48.5 Å². The number of thiazole rings is 1. The summed E-state index contributed by atoms with van der Waals surface area (Å²) >= 11 is 1.55. The van der Waals surface area contributed by atoms with Crippen LogP contribution in [0.4, 0.5) is 10.1 Å². The summed E-state index contributed by atoms with van der Waals surface area (Å²) in [7, 11) is 0. The lowest BCUT2D eigenvalue weighted by atomic mass is 10.1. The number of hydrogen-bond donors (Lipinski definition) is 0. The highest BCUT2D eigenvalue weighted by Crippen LogP contribution is 2.36. The third-order valence-electron chi connectivity index (χ3n) is 3.13. The highest BCUT2D eigenvalue weighted by Gasteiger charge is 2.11. The van der Waals surface area contributed by atoms with Gasteiger partial charge in [0.2, 0.25) is 0 Å². The van der Waals surface area contributed by atoms with Gasteiger partial charge in [0.25, 0.3) is 0 Å². The van der Waals surface area contributed by atoms with Gasteiger partial charge in [0.1, 0.15) is 10.8 Å². The zero-order valence-electron chi connectivity index (χ0n) is 11.3. The number of hydrogen-bond acceptors (Lipinski definition) is 2. The normalized spacial score (nSPS) is 10.3. The van der Waals surface area contributed by atoms with E-state index in [0.29, 0.717) is 5.69 Å². The maximum absolute atomic E-state index is 13.0. The highest BCUT2D eigenvalue weighted by atomic mass is 32.1. The molecule has 21 heavy (non-hydrogen) atoms. The molecule has 3 rings (SSSR count). The lowest BCUT2D eigenvalue weighted by Crippen LogP contribution is -1.79. The summed E-state index contributed by atoms with van der Waals surface area (Å²) in [6.07, 6.45) is 0. The van der Waals surface area contributed by atoms with Gasteiger partial charge in [-0.15, -0.1) is 11.3 Å². The van der Waals surface area contributed by atoms with Gasteiger partial charge < -0.3 is 0 Å². The molecule has 0 radical (unpaired) electrons. The molecule has 1 aromatic heterocycles. The number of nitrogens with zero attached hydrogens (tertiary/aromatic N) is 2. The van der Waals surface area contributed by atoms with E-state index in [1.807, 2.05) is 25.1 Å². The van der Waals surface area contributed by atoms with Crippen molar-refractivity contribution in [1.82, 2.24) is 4.98 Å². The molecule has 0 N–H and O–H groups in total. The predicted octanol–water partition coefficient (Wildman–Crippen LogP) is 5.48. The van der Waals surface area contributed by atoms with Crippen LogP contribution in [0, 0.1) is 19.3 Å². The number of benzene rings is 2. The molecule has 2 nitrogen and oxygen atoms in total. The summed E-state index contributed by atoms with van der Waals surface area (Å²) < 4.78 is 13.0. The molecule has 0 atom stereocenters. The van der Waals surface area contributed by atoms with Gasteiger partial charge >= 0.3 is 0 Å². The van der Waals surface area contributed by atoms with Crippen molar-refractivity contribution in [1.29, 1.82) is 0 Å². The van der Waals surface area contributed by atoms with Crippen LogP contribution in [0.3, 0.4) is 0 Å². The van der Waals surface area contributed by atoms with Crippen molar-refractivity contribution in [2.75, 3.05) is 0 Å². The molecule has 102 valence electrons. The smallest absolute Gasteiger partial charge is 0.187 e. The monoisotopic (exact) mass is 294 g/mol. The van der Waals surface area contributed by atoms with Gasteiger partial charge in [0.15, 0.2) is 5.69 Å². The van der Waals surface area contributed by atoms with Crippen molar-refractivity contribution in [3.8, 4) is 21.0 Å². The Balaban J connectivity index is 2.05.